The van der Waals surface area contributed by atoms with Gasteiger partial charge in [0.05, 0.1) is 6.42 Å². The van der Waals surface area contributed by atoms with Crippen LogP contribution in [0.1, 0.15) is 18.4 Å². The first-order chi connectivity index (χ1) is 10.1. The number of nitrogens with zero attached hydrogens (tertiary/aromatic N) is 2. The number of hydrogen-bond acceptors (Lipinski definition) is 2. The number of rotatable bonds is 3. The number of para-hydroxylation sites is 1. The smallest absolute Gasteiger partial charge is 0.227 e. The van der Waals surface area contributed by atoms with Crippen LogP contribution in [0.4, 0.5) is 0 Å². The molecule has 1 N–H and O–H groups in total. The van der Waals surface area contributed by atoms with Crippen LogP contribution in [0.5, 0.6) is 0 Å². The van der Waals surface area contributed by atoms with Crippen LogP contribution in [0.15, 0.2) is 30.5 Å². The van der Waals surface area contributed by atoms with E-state index in [1.54, 1.807) is 0 Å². The van der Waals surface area contributed by atoms with Gasteiger partial charge < -0.3 is 14.8 Å². The van der Waals surface area contributed by atoms with Gasteiger partial charge >= 0.3 is 0 Å². The Morgan fingerprint density at radius 2 is 2.24 bits per heavy atom. The number of carbonyl (C=O) groups is 1. The first-order valence-corrected chi connectivity index (χ1v) is 7.64. The third-order valence-electron chi connectivity index (χ3n) is 4.56. The number of likely N-dealkylation sites (tertiary alicyclic amines) is 1. The Morgan fingerprint density at radius 1 is 1.43 bits per heavy atom. The van der Waals surface area contributed by atoms with Gasteiger partial charge in [0.2, 0.25) is 5.91 Å². The van der Waals surface area contributed by atoms with Crippen molar-refractivity contribution in [1.29, 1.82) is 0 Å². The fourth-order valence-corrected chi connectivity index (χ4v) is 3.22. The first-order valence-electron chi connectivity index (χ1n) is 7.64. The highest BCUT2D eigenvalue weighted by molar-refractivity contribution is 5.88. The van der Waals surface area contributed by atoms with Gasteiger partial charge in [-0.25, -0.2) is 0 Å². The molecule has 1 saturated heterocycles. The molecule has 4 heteroatoms. The standard InChI is InChI=1S/C17H23N3O/c1-19-9-5-6-14(12-19)20(2)17(21)10-13-11-18-16-8-4-3-7-15(13)16/h3-4,7-8,11,14,18H,5-6,9-10,12H2,1-2H3. The monoisotopic (exact) mass is 285 g/mol. The van der Waals surface area contributed by atoms with Crippen molar-refractivity contribution in [2.24, 2.45) is 0 Å². The number of fused-ring (bicyclic) bond motifs is 1. The van der Waals surface area contributed by atoms with Crippen LogP contribution in [-0.4, -0.2) is 53.9 Å². The molecule has 2 heterocycles. The second kappa shape index (κ2) is 5.90. The summed E-state index contributed by atoms with van der Waals surface area (Å²) in [5.74, 6) is 0.208. The van der Waals surface area contributed by atoms with Gasteiger partial charge in [0, 0.05) is 36.7 Å². The van der Waals surface area contributed by atoms with Crippen molar-refractivity contribution < 1.29 is 4.79 Å². The van der Waals surface area contributed by atoms with E-state index in [9.17, 15) is 4.79 Å². The minimum Gasteiger partial charge on any atom is -0.361 e. The summed E-state index contributed by atoms with van der Waals surface area (Å²) in [7, 11) is 4.07. The molecule has 0 spiro atoms. The zero-order chi connectivity index (χ0) is 14.8. The fourth-order valence-electron chi connectivity index (χ4n) is 3.22. The predicted octanol–water partition coefficient (Wildman–Crippen LogP) is 2.26. The van der Waals surface area contributed by atoms with Gasteiger partial charge in [-0.15, -0.1) is 0 Å². The van der Waals surface area contributed by atoms with E-state index in [1.165, 1.54) is 6.42 Å². The highest BCUT2D eigenvalue weighted by Crippen LogP contribution is 2.20. The van der Waals surface area contributed by atoms with Crippen molar-refractivity contribution in [3.63, 3.8) is 0 Å². The molecule has 3 rings (SSSR count). The Labute approximate surface area is 125 Å². The number of H-pyrrole nitrogens is 1. The van der Waals surface area contributed by atoms with Crippen molar-refractivity contribution in [2.45, 2.75) is 25.3 Å². The molecule has 1 aromatic carbocycles. The molecular weight excluding hydrogens is 262 g/mol. The van der Waals surface area contributed by atoms with Crippen molar-refractivity contribution >= 4 is 16.8 Å². The van der Waals surface area contributed by atoms with Crippen LogP contribution in [0.2, 0.25) is 0 Å². The van der Waals surface area contributed by atoms with Crippen molar-refractivity contribution in [3.05, 3.63) is 36.0 Å². The van der Waals surface area contributed by atoms with Gasteiger partial charge in [-0.2, -0.15) is 0 Å². The molecule has 112 valence electrons. The largest absolute Gasteiger partial charge is 0.361 e. The number of benzene rings is 1. The van der Waals surface area contributed by atoms with E-state index in [0.29, 0.717) is 12.5 Å². The second-order valence-electron chi connectivity index (χ2n) is 6.10. The van der Waals surface area contributed by atoms with Crippen LogP contribution in [0.25, 0.3) is 10.9 Å². The normalized spacial score (nSPS) is 19.8. The predicted molar refractivity (Wildman–Crippen MR) is 85.3 cm³/mol. The van der Waals surface area contributed by atoms with Crippen LogP contribution in [-0.2, 0) is 11.2 Å². The summed E-state index contributed by atoms with van der Waals surface area (Å²) in [6.45, 7) is 2.12. The number of aromatic amines is 1. The molecule has 4 nitrogen and oxygen atoms in total. The zero-order valence-corrected chi connectivity index (χ0v) is 12.8. The molecule has 21 heavy (non-hydrogen) atoms. The second-order valence-corrected chi connectivity index (χ2v) is 6.10. The average molecular weight is 285 g/mol. The Bertz CT molecular complexity index is 634. The molecule has 1 aromatic heterocycles. The molecule has 1 atom stereocenters. The maximum atomic E-state index is 12.6. The molecule has 1 aliphatic heterocycles. The minimum atomic E-state index is 0.208. The van der Waals surface area contributed by atoms with Gasteiger partial charge in [-0.3, -0.25) is 4.79 Å². The summed E-state index contributed by atoms with van der Waals surface area (Å²) in [5, 5.41) is 1.15. The molecule has 1 aliphatic rings. The molecular formula is C17H23N3O. The van der Waals surface area contributed by atoms with E-state index >= 15 is 0 Å². The van der Waals surface area contributed by atoms with Gasteiger partial charge in [0.15, 0.2) is 0 Å². The molecule has 0 radical (unpaired) electrons. The summed E-state index contributed by atoms with van der Waals surface area (Å²) < 4.78 is 0. The topological polar surface area (TPSA) is 39.3 Å². The van der Waals surface area contributed by atoms with Gasteiger partial charge in [-0.05, 0) is 38.1 Å². The molecule has 1 unspecified atom stereocenters. The summed E-state index contributed by atoms with van der Waals surface area (Å²) in [6.07, 6.45) is 4.72. The Balaban J connectivity index is 1.70. The number of likely N-dealkylation sites (N-methyl/N-ethyl adjacent to an activating group) is 2. The lowest BCUT2D eigenvalue weighted by atomic mass is 10.0. The fraction of sp³-hybridized carbons (Fsp3) is 0.471. The number of hydrogen-bond donors (Lipinski definition) is 1. The van der Waals surface area contributed by atoms with Crippen molar-refractivity contribution in [3.8, 4) is 0 Å². The van der Waals surface area contributed by atoms with E-state index in [1.807, 2.05) is 36.3 Å². The summed E-state index contributed by atoms with van der Waals surface area (Å²) in [6, 6.07) is 8.49. The highest BCUT2D eigenvalue weighted by Gasteiger charge is 2.24. The lowest BCUT2D eigenvalue weighted by Crippen LogP contribution is -2.47. The Hall–Kier alpha value is -1.81. The van der Waals surface area contributed by atoms with Gasteiger partial charge in [0.1, 0.15) is 0 Å². The highest BCUT2D eigenvalue weighted by atomic mass is 16.2. The lowest BCUT2D eigenvalue weighted by molar-refractivity contribution is -0.132. The SMILES string of the molecule is CN1CCCC(N(C)C(=O)Cc2c[nH]c3ccccc23)C1. The lowest BCUT2D eigenvalue weighted by Gasteiger charge is -2.35. The van der Waals surface area contributed by atoms with E-state index in [-0.39, 0.29) is 5.91 Å². The first kappa shape index (κ1) is 14.1. The van der Waals surface area contributed by atoms with E-state index in [4.69, 9.17) is 0 Å². The Kier molecular flexibility index (Phi) is 3.97. The number of carbonyl (C=O) groups excluding carboxylic acids is 1. The number of piperidine rings is 1. The third kappa shape index (κ3) is 2.95. The summed E-state index contributed by atoms with van der Waals surface area (Å²) in [5.41, 5.74) is 2.19. The zero-order valence-electron chi connectivity index (χ0n) is 12.8. The van der Waals surface area contributed by atoms with Gasteiger partial charge in [0.25, 0.3) is 0 Å². The molecule has 2 aromatic rings. The number of amides is 1. The summed E-state index contributed by atoms with van der Waals surface area (Å²) >= 11 is 0. The van der Waals surface area contributed by atoms with Crippen LogP contribution in [0.3, 0.4) is 0 Å². The number of aromatic nitrogens is 1. The molecule has 0 saturated carbocycles. The van der Waals surface area contributed by atoms with E-state index in [2.05, 4.69) is 23.0 Å². The summed E-state index contributed by atoms with van der Waals surface area (Å²) in [4.78, 5) is 20.0. The molecule has 1 amide bonds. The number of nitrogens with one attached hydrogen (secondary N) is 1. The third-order valence-corrected chi connectivity index (χ3v) is 4.56. The van der Waals surface area contributed by atoms with E-state index < -0.39 is 0 Å². The van der Waals surface area contributed by atoms with Crippen molar-refractivity contribution in [2.75, 3.05) is 27.2 Å². The van der Waals surface area contributed by atoms with Crippen molar-refractivity contribution in [1.82, 2.24) is 14.8 Å². The Morgan fingerprint density at radius 3 is 3.05 bits per heavy atom. The van der Waals surface area contributed by atoms with Crippen LogP contribution < -0.4 is 0 Å². The maximum Gasteiger partial charge on any atom is 0.227 e. The maximum absolute atomic E-state index is 12.6. The quantitative estimate of drug-likeness (QED) is 0.939. The van der Waals surface area contributed by atoms with Gasteiger partial charge in [-0.1, -0.05) is 18.2 Å². The minimum absolute atomic E-state index is 0.208. The van der Waals surface area contributed by atoms with E-state index in [0.717, 1.165) is 36.0 Å². The van der Waals surface area contributed by atoms with Crippen LogP contribution >= 0.6 is 0 Å². The molecule has 0 aliphatic carbocycles. The van der Waals surface area contributed by atoms with Crippen LogP contribution in [0, 0.1) is 0 Å². The average Bonchev–Trinajstić information content (AvgIpc) is 2.90. The molecule has 0 bridgehead atoms. The molecule has 1 fully saturated rings.